The second-order valence-corrected chi connectivity index (χ2v) is 6.79. The molecule has 0 spiro atoms. The molecular formula is C21H24N6. The summed E-state index contributed by atoms with van der Waals surface area (Å²) in [6, 6.07) is 18.9. The lowest BCUT2D eigenvalue weighted by Crippen LogP contribution is -2.47. The molecule has 0 aliphatic carbocycles. The summed E-state index contributed by atoms with van der Waals surface area (Å²) < 4.78 is 0. The zero-order valence-corrected chi connectivity index (χ0v) is 15.5. The first-order chi connectivity index (χ1) is 13.3. The van der Waals surface area contributed by atoms with Crippen molar-refractivity contribution in [2.75, 3.05) is 41.3 Å². The van der Waals surface area contributed by atoms with Gasteiger partial charge in [0.1, 0.15) is 0 Å². The molecule has 1 aromatic heterocycles. The Morgan fingerprint density at radius 1 is 0.926 bits per heavy atom. The standard InChI is InChI=1S/C21H24N6/c1-17-6-5-9-19(14-17)26-10-12-27(13-11-26)21-24-20(16-23-25-21)22-15-18-7-3-2-4-8-18/h2-9,14,16H,10-13,15H2,1H3,(H,22,24,25). The molecule has 1 aliphatic heterocycles. The number of piperazine rings is 1. The van der Waals surface area contributed by atoms with Crippen LogP contribution in [0.1, 0.15) is 11.1 Å². The van der Waals surface area contributed by atoms with Crippen molar-refractivity contribution in [3.05, 3.63) is 71.9 Å². The van der Waals surface area contributed by atoms with E-state index in [0.29, 0.717) is 5.95 Å². The van der Waals surface area contributed by atoms with Crippen molar-refractivity contribution in [1.82, 2.24) is 15.2 Å². The van der Waals surface area contributed by atoms with E-state index in [0.717, 1.165) is 38.5 Å². The summed E-state index contributed by atoms with van der Waals surface area (Å²) >= 11 is 0. The molecule has 0 amide bonds. The van der Waals surface area contributed by atoms with E-state index in [-0.39, 0.29) is 0 Å². The number of hydrogen-bond donors (Lipinski definition) is 1. The third-order valence-electron chi connectivity index (χ3n) is 4.79. The molecule has 0 unspecified atom stereocenters. The van der Waals surface area contributed by atoms with E-state index < -0.39 is 0 Å². The maximum atomic E-state index is 4.65. The number of nitrogens with zero attached hydrogens (tertiary/aromatic N) is 5. The minimum absolute atomic E-state index is 0.692. The molecule has 4 rings (SSSR count). The van der Waals surface area contributed by atoms with Crippen molar-refractivity contribution in [3.8, 4) is 0 Å². The minimum Gasteiger partial charge on any atom is -0.368 e. The lowest BCUT2D eigenvalue weighted by Gasteiger charge is -2.36. The molecule has 1 N–H and O–H groups in total. The summed E-state index contributed by atoms with van der Waals surface area (Å²) in [6.45, 7) is 6.53. The second kappa shape index (κ2) is 8.03. The van der Waals surface area contributed by atoms with Crippen molar-refractivity contribution < 1.29 is 0 Å². The first-order valence-electron chi connectivity index (χ1n) is 9.32. The number of hydrogen-bond acceptors (Lipinski definition) is 6. The molecule has 1 aliphatic rings. The van der Waals surface area contributed by atoms with Gasteiger partial charge in [0.15, 0.2) is 5.82 Å². The van der Waals surface area contributed by atoms with Crippen LogP contribution in [0.5, 0.6) is 0 Å². The van der Waals surface area contributed by atoms with Gasteiger partial charge in [-0.2, -0.15) is 10.1 Å². The third-order valence-corrected chi connectivity index (χ3v) is 4.79. The van der Waals surface area contributed by atoms with Crippen LogP contribution in [0.25, 0.3) is 0 Å². The van der Waals surface area contributed by atoms with Crippen molar-refractivity contribution >= 4 is 17.5 Å². The summed E-state index contributed by atoms with van der Waals surface area (Å²) in [6.07, 6.45) is 1.68. The zero-order chi connectivity index (χ0) is 18.5. The fraction of sp³-hybridized carbons (Fsp3) is 0.286. The minimum atomic E-state index is 0.692. The summed E-state index contributed by atoms with van der Waals surface area (Å²) in [5, 5.41) is 11.7. The number of rotatable bonds is 5. The smallest absolute Gasteiger partial charge is 0.247 e. The molecule has 138 valence electrons. The Kier molecular flexibility index (Phi) is 5.14. The Morgan fingerprint density at radius 2 is 1.70 bits per heavy atom. The van der Waals surface area contributed by atoms with Crippen LogP contribution in [0, 0.1) is 6.92 Å². The average Bonchev–Trinajstić information content (AvgIpc) is 2.73. The van der Waals surface area contributed by atoms with Crippen molar-refractivity contribution in [2.45, 2.75) is 13.5 Å². The Balaban J connectivity index is 1.37. The first-order valence-corrected chi connectivity index (χ1v) is 9.32. The summed E-state index contributed by atoms with van der Waals surface area (Å²) in [7, 11) is 0. The highest BCUT2D eigenvalue weighted by Crippen LogP contribution is 2.19. The molecule has 2 aromatic carbocycles. The normalized spacial score (nSPS) is 14.3. The molecular weight excluding hydrogens is 336 g/mol. The van der Waals surface area contributed by atoms with Crippen molar-refractivity contribution in [1.29, 1.82) is 0 Å². The van der Waals surface area contributed by atoms with Gasteiger partial charge in [0.25, 0.3) is 0 Å². The number of benzene rings is 2. The average molecular weight is 360 g/mol. The quantitative estimate of drug-likeness (QED) is 0.754. The predicted octanol–water partition coefficient (Wildman–Crippen LogP) is 3.12. The Bertz CT molecular complexity index is 875. The van der Waals surface area contributed by atoms with E-state index in [2.05, 4.69) is 73.6 Å². The number of anilines is 3. The van der Waals surface area contributed by atoms with Gasteiger partial charge in [-0.05, 0) is 30.2 Å². The van der Waals surface area contributed by atoms with E-state index in [9.17, 15) is 0 Å². The van der Waals surface area contributed by atoms with Gasteiger partial charge in [-0.25, -0.2) is 0 Å². The fourth-order valence-corrected chi connectivity index (χ4v) is 3.29. The van der Waals surface area contributed by atoms with Crippen molar-refractivity contribution in [3.63, 3.8) is 0 Å². The maximum absolute atomic E-state index is 4.65. The van der Waals surface area contributed by atoms with Crippen LogP contribution in [0.4, 0.5) is 17.5 Å². The monoisotopic (exact) mass is 360 g/mol. The Hall–Kier alpha value is -3.15. The highest BCUT2D eigenvalue weighted by Gasteiger charge is 2.20. The largest absolute Gasteiger partial charge is 0.368 e. The molecule has 0 saturated carbocycles. The van der Waals surface area contributed by atoms with Crippen LogP contribution in [-0.2, 0) is 6.54 Å². The topological polar surface area (TPSA) is 57.2 Å². The molecule has 27 heavy (non-hydrogen) atoms. The van der Waals surface area contributed by atoms with Gasteiger partial charge in [-0.15, -0.1) is 5.10 Å². The molecule has 1 saturated heterocycles. The SMILES string of the molecule is Cc1cccc(N2CCN(c3nncc(NCc4ccccc4)n3)CC2)c1. The molecule has 1 fully saturated rings. The summed E-state index contributed by atoms with van der Waals surface area (Å²) in [5.74, 6) is 1.45. The van der Waals surface area contributed by atoms with Crippen LogP contribution in [0.3, 0.4) is 0 Å². The van der Waals surface area contributed by atoms with E-state index in [4.69, 9.17) is 0 Å². The van der Waals surface area contributed by atoms with Crippen LogP contribution < -0.4 is 15.1 Å². The van der Waals surface area contributed by atoms with Gasteiger partial charge in [-0.1, -0.05) is 42.5 Å². The molecule has 0 radical (unpaired) electrons. The molecule has 3 aromatic rings. The molecule has 2 heterocycles. The Labute approximate surface area is 159 Å². The Morgan fingerprint density at radius 3 is 2.48 bits per heavy atom. The molecule has 6 heteroatoms. The van der Waals surface area contributed by atoms with Crippen LogP contribution in [0.15, 0.2) is 60.8 Å². The lowest BCUT2D eigenvalue weighted by molar-refractivity contribution is 0.635. The molecule has 0 atom stereocenters. The fourth-order valence-electron chi connectivity index (χ4n) is 3.29. The van der Waals surface area contributed by atoms with Gasteiger partial charge in [0.2, 0.25) is 5.95 Å². The highest BCUT2D eigenvalue weighted by molar-refractivity contribution is 5.50. The van der Waals surface area contributed by atoms with Gasteiger partial charge >= 0.3 is 0 Å². The zero-order valence-electron chi connectivity index (χ0n) is 15.5. The molecule has 6 nitrogen and oxygen atoms in total. The first kappa shape index (κ1) is 17.3. The van der Waals surface area contributed by atoms with Crippen molar-refractivity contribution in [2.24, 2.45) is 0 Å². The van der Waals surface area contributed by atoms with E-state index in [1.807, 2.05) is 18.2 Å². The van der Waals surface area contributed by atoms with Gasteiger partial charge < -0.3 is 15.1 Å². The number of aryl methyl sites for hydroxylation is 1. The summed E-state index contributed by atoms with van der Waals surface area (Å²) in [5.41, 5.74) is 3.79. The van der Waals surface area contributed by atoms with Crippen LogP contribution >= 0.6 is 0 Å². The summed E-state index contributed by atoms with van der Waals surface area (Å²) in [4.78, 5) is 9.26. The van der Waals surface area contributed by atoms with Crippen LogP contribution in [0.2, 0.25) is 0 Å². The second-order valence-electron chi connectivity index (χ2n) is 6.79. The van der Waals surface area contributed by atoms with Gasteiger partial charge in [-0.3, -0.25) is 0 Å². The van der Waals surface area contributed by atoms with Gasteiger partial charge in [0.05, 0.1) is 6.20 Å². The van der Waals surface area contributed by atoms with Crippen LogP contribution in [-0.4, -0.2) is 41.4 Å². The van der Waals surface area contributed by atoms with E-state index in [1.54, 1.807) is 6.20 Å². The maximum Gasteiger partial charge on any atom is 0.247 e. The molecule has 0 bridgehead atoms. The van der Waals surface area contributed by atoms with E-state index >= 15 is 0 Å². The lowest BCUT2D eigenvalue weighted by atomic mass is 10.2. The van der Waals surface area contributed by atoms with Gasteiger partial charge in [0, 0.05) is 38.4 Å². The number of nitrogens with one attached hydrogen (secondary N) is 1. The number of aromatic nitrogens is 3. The van der Waals surface area contributed by atoms with E-state index in [1.165, 1.54) is 16.8 Å². The predicted molar refractivity (Wildman–Crippen MR) is 109 cm³/mol. The highest BCUT2D eigenvalue weighted by atomic mass is 15.4. The third kappa shape index (κ3) is 4.34.